The zero-order chi connectivity index (χ0) is 17.7. The summed E-state index contributed by atoms with van der Waals surface area (Å²) in [6.07, 6.45) is 0. The number of rotatable bonds is 5. The minimum absolute atomic E-state index is 0.138. The summed E-state index contributed by atoms with van der Waals surface area (Å²) in [5, 5.41) is 12.3. The molecule has 0 aliphatic rings. The lowest BCUT2D eigenvalue weighted by atomic mass is 10.2. The van der Waals surface area contributed by atoms with E-state index >= 15 is 0 Å². The molecule has 4 N–H and O–H groups in total. The lowest BCUT2D eigenvalue weighted by Gasteiger charge is -2.08. The SMILES string of the molecule is NC(=O)c1ccc(NC(=O)COC(=O)c2cc(Cl)ccc2O)cc1. The highest BCUT2D eigenvalue weighted by atomic mass is 35.5. The molecule has 0 heterocycles. The third-order valence-corrected chi connectivity index (χ3v) is 3.20. The van der Waals surface area contributed by atoms with Crippen LogP contribution in [0.15, 0.2) is 42.5 Å². The quantitative estimate of drug-likeness (QED) is 0.713. The molecular weight excluding hydrogens is 336 g/mol. The Morgan fingerprint density at radius 1 is 1.12 bits per heavy atom. The van der Waals surface area contributed by atoms with Gasteiger partial charge in [-0.1, -0.05) is 11.6 Å². The maximum Gasteiger partial charge on any atom is 0.342 e. The molecule has 124 valence electrons. The summed E-state index contributed by atoms with van der Waals surface area (Å²) in [6.45, 7) is -0.553. The van der Waals surface area contributed by atoms with Crippen molar-refractivity contribution in [1.82, 2.24) is 0 Å². The van der Waals surface area contributed by atoms with Gasteiger partial charge in [0, 0.05) is 16.3 Å². The average molecular weight is 349 g/mol. The van der Waals surface area contributed by atoms with Crippen LogP contribution >= 0.6 is 11.6 Å². The topological polar surface area (TPSA) is 119 Å². The van der Waals surface area contributed by atoms with Crippen molar-refractivity contribution in [3.05, 3.63) is 58.6 Å². The molecule has 0 radical (unpaired) electrons. The van der Waals surface area contributed by atoms with Crippen LogP contribution in [0.1, 0.15) is 20.7 Å². The molecular formula is C16H13ClN2O5. The number of aromatic hydroxyl groups is 1. The molecule has 0 aliphatic heterocycles. The summed E-state index contributed by atoms with van der Waals surface area (Å²) in [5.41, 5.74) is 5.68. The zero-order valence-corrected chi connectivity index (χ0v) is 13.0. The van der Waals surface area contributed by atoms with Gasteiger partial charge in [-0.2, -0.15) is 0 Å². The van der Waals surface area contributed by atoms with Gasteiger partial charge in [-0.3, -0.25) is 9.59 Å². The second-order valence-electron chi connectivity index (χ2n) is 4.73. The molecule has 24 heavy (non-hydrogen) atoms. The van der Waals surface area contributed by atoms with E-state index in [0.29, 0.717) is 11.3 Å². The van der Waals surface area contributed by atoms with Gasteiger partial charge in [-0.25, -0.2) is 4.79 Å². The molecule has 0 unspecified atom stereocenters. The first kappa shape index (κ1) is 17.3. The Labute approximate surface area is 142 Å². The van der Waals surface area contributed by atoms with Crippen molar-refractivity contribution in [2.45, 2.75) is 0 Å². The van der Waals surface area contributed by atoms with Gasteiger partial charge >= 0.3 is 5.97 Å². The van der Waals surface area contributed by atoms with E-state index in [2.05, 4.69) is 5.32 Å². The fraction of sp³-hybridized carbons (Fsp3) is 0.0625. The van der Waals surface area contributed by atoms with Crippen molar-refractivity contribution in [3.8, 4) is 5.75 Å². The Morgan fingerprint density at radius 2 is 1.79 bits per heavy atom. The Bertz CT molecular complexity index is 790. The summed E-state index contributed by atoms with van der Waals surface area (Å²) in [5.74, 6) is -2.35. The first-order chi connectivity index (χ1) is 11.4. The van der Waals surface area contributed by atoms with E-state index in [4.69, 9.17) is 22.1 Å². The number of primary amides is 1. The standard InChI is InChI=1S/C16H13ClN2O5/c17-10-3-6-13(20)12(7-10)16(23)24-8-14(21)19-11-4-1-9(2-5-11)15(18)22/h1-7,20H,8H2,(H2,18,22)(H,19,21). The molecule has 2 rings (SSSR count). The molecule has 2 aromatic rings. The number of carbonyl (C=O) groups is 3. The van der Waals surface area contributed by atoms with Crippen LogP contribution < -0.4 is 11.1 Å². The lowest BCUT2D eigenvalue weighted by molar-refractivity contribution is -0.119. The first-order valence-electron chi connectivity index (χ1n) is 6.72. The third kappa shape index (κ3) is 4.47. The summed E-state index contributed by atoms with van der Waals surface area (Å²) in [6, 6.07) is 9.78. The monoisotopic (exact) mass is 348 g/mol. The fourth-order valence-electron chi connectivity index (χ4n) is 1.80. The van der Waals surface area contributed by atoms with Crippen molar-refractivity contribution in [3.63, 3.8) is 0 Å². The molecule has 2 aromatic carbocycles. The van der Waals surface area contributed by atoms with Crippen LogP contribution in [0.5, 0.6) is 5.75 Å². The van der Waals surface area contributed by atoms with Crippen molar-refractivity contribution >= 4 is 35.1 Å². The normalized spacial score (nSPS) is 10.0. The van der Waals surface area contributed by atoms with Gasteiger partial charge in [-0.15, -0.1) is 0 Å². The number of anilines is 1. The molecule has 0 saturated carbocycles. The highest BCUT2D eigenvalue weighted by Crippen LogP contribution is 2.22. The highest BCUT2D eigenvalue weighted by Gasteiger charge is 2.15. The van der Waals surface area contributed by atoms with Crippen LogP contribution in [-0.2, 0) is 9.53 Å². The number of hydrogen-bond acceptors (Lipinski definition) is 5. The van der Waals surface area contributed by atoms with E-state index in [1.54, 1.807) is 0 Å². The number of halogens is 1. The summed E-state index contributed by atoms with van der Waals surface area (Å²) in [4.78, 5) is 34.5. The Balaban J connectivity index is 1.92. The van der Waals surface area contributed by atoms with Crippen LogP contribution in [0.2, 0.25) is 5.02 Å². The minimum Gasteiger partial charge on any atom is -0.507 e. The number of phenols is 1. The van der Waals surface area contributed by atoms with Gasteiger partial charge in [0.2, 0.25) is 5.91 Å². The van der Waals surface area contributed by atoms with E-state index in [9.17, 15) is 19.5 Å². The number of hydrogen-bond donors (Lipinski definition) is 3. The van der Waals surface area contributed by atoms with Crippen LogP contribution in [0, 0.1) is 0 Å². The number of nitrogens with one attached hydrogen (secondary N) is 1. The second kappa shape index (κ2) is 7.47. The van der Waals surface area contributed by atoms with Gasteiger partial charge in [-0.05, 0) is 42.5 Å². The molecule has 7 nitrogen and oxygen atoms in total. The average Bonchev–Trinajstić information content (AvgIpc) is 2.55. The minimum atomic E-state index is -0.880. The van der Waals surface area contributed by atoms with E-state index in [1.807, 2.05) is 0 Å². The van der Waals surface area contributed by atoms with E-state index in [0.717, 1.165) is 0 Å². The third-order valence-electron chi connectivity index (χ3n) is 2.97. The molecule has 0 aliphatic carbocycles. The van der Waals surface area contributed by atoms with Gasteiger partial charge in [0.25, 0.3) is 5.91 Å². The Hall–Kier alpha value is -3.06. The molecule has 0 aromatic heterocycles. The van der Waals surface area contributed by atoms with Crippen LogP contribution in [0.3, 0.4) is 0 Å². The number of carbonyl (C=O) groups excluding carboxylic acids is 3. The molecule has 2 amide bonds. The maximum absolute atomic E-state index is 11.8. The summed E-state index contributed by atoms with van der Waals surface area (Å²) < 4.78 is 4.82. The van der Waals surface area contributed by atoms with E-state index in [1.165, 1.54) is 42.5 Å². The highest BCUT2D eigenvalue weighted by molar-refractivity contribution is 6.31. The van der Waals surface area contributed by atoms with Gasteiger partial charge in [0.05, 0.1) is 0 Å². The van der Waals surface area contributed by atoms with Crippen LogP contribution in [0.4, 0.5) is 5.69 Å². The number of nitrogens with two attached hydrogens (primary N) is 1. The predicted octanol–water partition coefficient (Wildman–Crippen LogP) is 1.94. The van der Waals surface area contributed by atoms with Gasteiger partial charge in [0.1, 0.15) is 11.3 Å². The first-order valence-corrected chi connectivity index (χ1v) is 7.10. The fourth-order valence-corrected chi connectivity index (χ4v) is 1.97. The van der Waals surface area contributed by atoms with Gasteiger partial charge < -0.3 is 20.9 Å². The van der Waals surface area contributed by atoms with Crippen molar-refractivity contribution in [2.24, 2.45) is 5.73 Å². The molecule has 0 atom stereocenters. The summed E-state index contributed by atoms with van der Waals surface area (Å²) in [7, 11) is 0. The molecule has 0 bridgehead atoms. The smallest absolute Gasteiger partial charge is 0.342 e. The second-order valence-corrected chi connectivity index (χ2v) is 5.16. The Morgan fingerprint density at radius 3 is 2.42 bits per heavy atom. The maximum atomic E-state index is 11.8. The van der Waals surface area contributed by atoms with E-state index in [-0.39, 0.29) is 16.3 Å². The van der Waals surface area contributed by atoms with Crippen molar-refractivity contribution < 1.29 is 24.2 Å². The Kier molecular flexibility index (Phi) is 5.39. The van der Waals surface area contributed by atoms with Crippen LogP contribution in [0.25, 0.3) is 0 Å². The van der Waals surface area contributed by atoms with Crippen molar-refractivity contribution in [2.75, 3.05) is 11.9 Å². The predicted molar refractivity (Wildman–Crippen MR) is 87.0 cm³/mol. The number of ether oxygens (including phenoxy) is 1. The van der Waals surface area contributed by atoms with E-state index < -0.39 is 24.4 Å². The number of phenolic OH excluding ortho intramolecular Hbond substituents is 1. The van der Waals surface area contributed by atoms with Gasteiger partial charge in [0.15, 0.2) is 6.61 Å². The lowest BCUT2D eigenvalue weighted by Crippen LogP contribution is -2.21. The number of amides is 2. The van der Waals surface area contributed by atoms with Crippen molar-refractivity contribution in [1.29, 1.82) is 0 Å². The number of esters is 1. The molecule has 0 fully saturated rings. The molecule has 8 heteroatoms. The molecule has 0 spiro atoms. The molecule has 0 saturated heterocycles. The largest absolute Gasteiger partial charge is 0.507 e. The summed E-state index contributed by atoms with van der Waals surface area (Å²) >= 11 is 5.73. The number of benzene rings is 2. The van der Waals surface area contributed by atoms with Crippen LogP contribution in [-0.4, -0.2) is 29.5 Å². The zero-order valence-electron chi connectivity index (χ0n) is 12.3.